The van der Waals surface area contributed by atoms with Gasteiger partial charge in [0.25, 0.3) is 5.78 Å². The first kappa shape index (κ1) is 17.3. The van der Waals surface area contributed by atoms with Crippen LogP contribution in [-0.2, 0) is 5.75 Å². The standard InChI is InChI=1S/C16H12Cl2N6OS/c1-8-5-9(2)24-15(19-8)20-16(23-24)26-7-13-21-22-14(25-13)11-4-3-10(17)6-12(11)18/h3-6H,7H2,1-2H3. The smallest absolute Gasteiger partial charge is 0.253 e. The molecule has 26 heavy (non-hydrogen) atoms. The first-order valence-electron chi connectivity index (χ1n) is 7.61. The molecule has 1 aromatic carbocycles. The highest BCUT2D eigenvalue weighted by Crippen LogP contribution is 2.30. The van der Waals surface area contributed by atoms with Crippen molar-refractivity contribution in [2.45, 2.75) is 24.8 Å². The lowest BCUT2D eigenvalue weighted by molar-refractivity contribution is 0.528. The van der Waals surface area contributed by atoms with Gasteiger partial charge in [-0.2, -0.15) is 4.98 Å². The summed E-state index contributed by atoms with van der Waals surface area (Å²) in [6.45, 7) is 3.89. The number of aromatic nitrogens is 6. The van der Waals surface area contributed by atoms with Crippen molar-refractivity contribution in [2.75, 3.05) is 0 Å². The SMILES string of the molecule is Cc1cc(C)n2nc(SCc3nnc(-c4ccc(Cl)cc4Cl)o3)nc2n1. The highest BCUT2D eigenvalue weighted by atomic mass is 35.5. The van der Waals surface area contributed by atoms with E-state index in [4.69, 9.17) is 27.6 Å². The number of benzene rings is 1. The van der Waals surface area contributed by atoms with Gasteiger partial charge in [0.2, 0.25) is 16.9 Å². The maximum atomic E-state index is 6.17. The summed E-state index contributed by atoms with van der Waals surface area (Å²) in [6.07, 6.45) is 0. The largest absolute Gasteiger partial charge is 0.420 e. The third-order valence-corrected chi connectivity index (χ3v) is 4.92. The van der Waals surface area contributed by atoms with E-state index in [0.717, 1.165) is 11.4 Å². The van der Waals surface area contributed by atoms with Gasteiger partial charge >= 0.3 is 0 Å². The Kier molecular flexibility index (Phi) is 4.56. The van der Waals surface area contributed by atoms with Crippen LogP contribution in [0.15, 0.2) is 33.8 Å². The molecule has 0 aliphatic carbocycles. The molecular formula is C16H12Cl2N6OS. The molecule has 10 heteroatoms. The fourth-order valence-corrected chi connectivity index (χ4v) is 3.56. The Labute approximate surface area is 162 Å². The zero-order chi connectivity index (χ0) is 18.3. The van der Waals surface area contributed by atoms with Crippen molar-refractivity contribution in [2.24, 2.45) is 0 Å². The van der Waals surface area contributed by atoms with Gasteiger partial charge in [0.1, 0.15) is 0 Å². The van der Waals surface area contributed by atoms with Gasteiger partial charge in [-0.25, -0.2) is 9.50 Å². The molecule has 0 unspecified atom stereocenters. The van der Waals surface area contributed by atoms with Gasteiger partial charge in [0.15, 0.2) is 0 Å². The number of halogens is 2. The molecule has 0 atom stereocenters. The second-order valence-corrected chi connectivity index (χ2v) is 7.35. The van der Waals surface area contributed by atoms with Crippen molar-refractivity contribution in [3.05, 3.63) is 51.6 Å². The van der Waals surface area contributed by atoms with E-state index < -0.39 is 0 Å². The fraction of sp³-hybridized carbons (Fsp3) is 0.188. The molecule has 0 saturated heterocycles. The topological polar surface area (TPSA) is 82.0 Å². The molecule has 0 N–H and O–H groups in total. The summed E-state index contributed by atoms with van der Waals surface area (Å²) in [5.74, 6) is 1.81. The summed E-state index contributed by atoms with van der Waals surface area (Å²) in [7, 11) is 0. The van der Waals surface area contributed by atoms with Crippen molar-refractivity contribution < 1.29 is 4.42 Å². The van der Waals surface area contributed by atoms with E-state index in [1.807, 2.05) is 19.9 Å². The van der Waals surface area contributed by atoms with Crippen LogP contribution in [-0.4, -0.2) is 29.8 Å². The minimum Gasteiger partial charge on any atom is -0.420 e. The zero-order valence-corrected chi connectivity index (χ0v) is 16.1. The average molecular weight is 407 g/mol. The van der Waals surface area contributed by atoms with Gasteiger partial charge in [-0.15, -0.1) is 15.3 Å². The molecule has 132 valence electrons. The van der Waals surface area contributed by atoms with Crippen LogP contribution in [0, 0.1) is 13.8 Å². The van der Waals surface area contributed by atoms with Crippen LogP contribution in [0.25, 0.3) is 17.2 Å². The molecular weight excluding hydrogens is 395 g/mol. The lowest BCUT2D eigenvalue weighted by Crippen LogP contribution is -1.97. The van der Waals surface area contributed by atoms with Crippen molar-refractivity contribution in [1.82, 2.24) is 29.8 Å². The Morgan fingerprint density at radius 2 is 1.96 bits per heavy atom. The molecule has 7 nitrogen and oxygen atoms in total. The number of rotatable bonds is 4. The summed E-state index contributed by atoms with van der Waals surface area (Å²) < 4.78 is 7.39. The van der Waals surface area contributed by atoms with Crippen LogP contribution in [0.4, 0.5) is 0 Å². The third-order valence-electron chi connectivity index (χ3n) is 3.55. The van der Waals surface area contributed by atoms with E-state index in [2.05, 4.69) is 25.3 Å². The summed E-state index contributed by atoms with van der Waals surface area (Å²) in [4.78, 5) is 8.79. The average Bonchev–Trinajstić information content (AvgIpc) is 3.19. The van der Waals surface area contributed by atoms with Crippen LogP contribution in [0.2, 0.25) is 10.0 Å². The molecule has 4 aromatic rings. The van der Waals surface area contributed by atoms with E-state index >= 15 is 0 Å². The summed E-state index contributed by atoms with van der Waals surface area (Å²) in [5.41, 5.74) is 2.52. The lowest BCUT2D eigenvalue weighted by atomic mass is 10.2. The molecule has 0 bridgehead atoms. The fourth-order valence-electron chi connectivity index (χ4n) is 2.42. The minimum atomic E-state index is 0.346. The van der Waals surface area contributed by atoms with Crippen LogP contribution in [0.5, 0.6) is 0 Å². The Hall–Kier alpha value is -2.16. The third kappa shape index (κ3) is 3.40. The number of aryl methyl sites for hydroxylation is 2. The highest BCUT2D eigenvalue weighted by Gasteiger charge is 2.14. The summed E-state index contributed by atoms with van der Waals surface area (Å²) in [5, 5.41) is 14.1. The van der Waals surface area contributed by atoms with Crippen LogP contribution >= 0.6 is 35.0 Å². The molecule has 0 radical (unpaired) electrons. The highest BCUT2D eigenvalue weighted by molar-refractivity contribution is 7.98. The van der Waals surface area contributed by atoms with Crippen LogP contribution in [0.1, 0.15) is 17.3 Å². The lowest BCUT2D eigenvalue weighted by Gasteiger charge is -1.98. The second kappa shape index (κ2) is 6.86. The molecule has 0 saturated carbocycles. The molecule has 0 amide bonds. The molecule has 0 spiro atoms. The monoisotopic (exact) mass is 406 g/mol. The van der Waals surface area contributed by atoms with E-state index in [0.29, 0.717) is 44.1 Å². The molecule has 3 aromatic heterocycles. The minimum absolute atomic E-state index is 0.346. The number of hydrogen-bond acceptors (Lipinski definition) is 7. The molecule has 0 aliphatic rings. The maximum Gasteiger partial charge on any atom is 0.253 e. The summed E-state index contributed by atoms with van der Waals surface area (Å²) in [6, 6.07) is 7.06. The molecule has 4 rings (SSSR count). The number of nitrogens with zero attached hydrogens (tertiary/aromatic N) is 6. The predicted molar refractivity (Wildman–Crippen MR) is 99.6 cm³/mol. The molecule has 0 fully saturated rings. The number of hydrogen-bond donors (Lipinski definition) is 0. The maximum absolute atomic E-state index is 6.17. The Balaban J connectivity index is 1.52. The van der Waals surface area contributed by atoms with E-state index in [1.54, 1.807) is 22.7 Å². The van der Waals surface area contributed by atoms with Crippen molar-refractivity contribution in [3.8, 4) is 11.5 Å². The van der Waals surface area contributed by atoms with Crippen molar-refractivity contribution in [1.29, 1.82) is 0 Å². The first-order chi connectivity index (χ1) is 12.5. The van der Waals surface area contributed by atoms with Gasteiger partial charge < -0.3 is 4.42 Å². The van der Waals surface area contributed by atoms with Gasteiger partial charge in [-0.05, 0) is 38.1 Å². The van der Waals surface area contributed by atoms with Gasteiger partial charge in [0.05, 0.1) is 16.3 Å². The van der Waals surface area contributed by atoms with Crippen molar-refractivity contribution in [3.63, 3.8) is 0 Å². The Bertz CT molecular complexity index is 1110. The predicted octanol–water partition coefficient (Wildman–Crippen LogP) is 4.39. The Morgan fingerprint density at radius 3 is 2.77 bits per heavy atom. The zero-order valence-electron chi connectivity index (χ0n) is 13.8. The van der Waals surface area contributed by atoms with Gasteiger partial charge in [0, 0.05) is 16.4 Å². The number of thioether (sulfide) groups is 1. The van der Waals surface area contributed by atoms with Gasteiger partial charge in [-0.3, -0.25) is 0 Å². The first-order valence-corrected chi connectivity index (χ1v) is 9.35. The normalized spacial score (nSPS) is 11.4. The van der Waals surface area contributed by atoms with Crippen molar-refractivity contribution >= 4 is 40.7 Å². The quantitative estimate of drug-likeness (QED) is 0.464. The van der Waals surface area contributed by atoms with E-state index in [1.165, 1.54) is 11.8 Å². The van der Waals surface area contributed by atoms with E-state index in [9.17, 15) is 0 Å². The Morgan fingerprint density at radius 1 is 1.12 bits per heavy atom. The summed E-state index contributed by atoms with van der Waals surface area (Å²) >= 11 is 13.5. The second-order valence-electron chi connectivity index (χ2n) is 5.56. The molecule has 3 heterocycles. The van der Waals surface area contributed by atoms with Crippen LogP contribution < -0.4 is 0 Å². The molecule has 0 aliphatic heterocycles. The van der Waals surface area contributed by atoms with E-state index in [-0.39, 0.29) is 0 Å². The number of fused-ring (bicyclic) bond motifs is 1. The van der Waals surface area contributed by atoms with Gasteiger partial charge in [-0.1, -0.05) is 35.0 Å². The van der Waals surface area contributed by atoms with Crippen LogP contribution in [0.3, 0.4) is 0 Å².